The number of aliphatic hydroxyl groups excluding tert-OH is 1. The van der Waals surface area contributed by atoms with E-state index in [1.807, 2.05) is 34.6 Å². The van der Waals surface area contributed by atoms with Gasteiger partial charge in [-0.3, -0.25) is 9.59 Å². The maximum absolute atomic E-state index is 13.7. The van der Waals surface area contributed by atoms with Gasteiger partial charge in [0.15, 0.2) is 0 Å². The van der Waals surface area contributed by atoms with E-state index in [0.29, 0.717) is 37.2 Å². The molecule has 0 saturated carbocycles. The van der Waals surface area contributed by atoms with Gasteiger partial charge in [0.1, 0.15) is 5.75 Å². The number of phenols is 1. The predicted molar refractivity (Wildman–Crippen MR) is 178 cm³/mol. The largest absolute Gasteiger partial charge is 0.508 e. The number of hydrogen-bond acceptors (Lipinski definition) is 7. The van der Waals surface area contributed by atoms with E-state index < -0.39 is 28.1 Å². The predicted octanol–water partition coefficient (Wildman–Crippen LogP) is 3.93. The molecule has 10 nitrogen and oxygen atoms in total. The molecule has 2 rings (SSSR count). The first-order valence-electron chi connectivity index (χ1n) is 15.7. The molecule has 0 saturated heterocycles. The molecular formula is C34H50N4O6S. The summed E-state index contributed by atoms with van der Waals surface area (Å²) in [7, 11) is -3.65. The van der Waals surface area contributed by atoms with Gasteiger partial charge < -0.3 is 20.4 Å². The lowest BCUT2D eigenvalue weighted by molar-refractivity contribution is 0.0614. The molecule has 0 spiro atoms. The van der Waals surface area contributed by atoms with Crippen LogP contribution in [0.3, 0.4) is 0 Å². The van der Waals surface area contributed by atoms with Gasteiger partial charge in [-0.05, 0) is 67.5 Å². The van der Waals surface area contributed by atoms with Crippen LogP contribution in [0.1, 0.15) is 92.1 Å². The van der Waals surface area contributed by atoms with Crippen LogP contribution in [0.5, 0.6) is 5.75 Å². The van der Waals surface area contributed by atoms with Crippen molar-refractivity contribution in [2.24, 2.45) is 5.92 Å². The van der Waals surface area contributed by atoms with E-state index in [9.17, 15) is 28.2 Å². The molecule has 0 fully saturated rings. The molecule has 2 atom stereocenters. The summed E-state index contributed by atoms with van der Waals surface area (Å²) in [6, 6.07) is 10.2. The molecule has 11 heteroatoms. The fourth-order valence-corrected chi connectivity index (χ4v) is 6.48. The van der Waals surface area contributed by atoms with Crippen molar-refractivity contribution < 1.29 is 28.2 Å². The smallest absolute Gasteiger partial charge is 0.253 e. The number of benzene rings is 2. The highest BCUT2D eigenvalue weighted by Crippen LogP contribution is 2.17. The summed E-state index contributed by atoms with van der Waals surface area (Å²) in [5, 5.41) is 25.6. The molecule has 4 N–H and O–H groups in total. The Balaban J connectivity index is 2.41. The first kappa shape index (κ1) is 37.8. The number of aromatic hydroxyl groups is 1. The quantitative estimate of drug-likeness (QED) is 0.135. The van der Waals surface area contributed by atoms with Crippen molar-refractivity contribution in [3.8, 4) is 18.1 Å². The second-order valence-electron chi connectivity index (χ2n) is 11.8. The van der Waals surface area contributed by atoms with Gasteiger partial charge >= 0.3 is 0 Å². The number of hydrogen-bond donors (Lipinski definition) is 4. The number of nitrogens with zero attached hydrogens (tertiary/aromatic N) is 2. The molecule has 45 heavy (non-hydrogen) atoms. The topological polar surface area (TPSA) is 139 Å². The van der Waals surface area contributed by atoms with Gasteiger partial charge in [-0.2, -0.15) is 0 Å². The number of sulfonamides is 1. The molecular weight excluding hydrogens is 592 g/mol. The minimum Gasteiger partial charge on any atom is -0.508 e. The summed E-state index contributed by atoms with van der Waals surface area (Å²) in [6.45, 7) is 11.0. The number of terminal acetylenes is 1. The fraction of sp³-hybridized carbons (Fsp3) is 0.529. The molecule has 248 valence electrons. The monoisotopic (exact) mass is 642 g/mol. The van der Waals surface area contributed by atoms with Crippen LogP contribution in [0.4, 0.5) is 0 Å². The van der Waals surface area contributed by atoms with Crippen LogP contribution in [0.15, 0.2) is 42.5 Å². The number of phenolic OH excluding ortho intramolecular Hbond substituents is 1. The van der Waals surface area contributed by atoms with Crippen LogP contribution in [0.2, 0.25) is 0 Å². The van der Waals surface area contributed by atoms with Gasteiger partial charge in [-0.15, -0.1) is 11.3 Å². The third kappa shape index (κ3) is 12.8. The molecule has 2 amide bonds. The van der Waals surface area contributed by atoms with Crippen molar-refractivity contribution in [3.05, 3.63) is 64.7 Å². The highest BCUT2D eigenvalue weighted by Gasteiger charge is 2.27. The van der Waals surface area contributed by atoms with Crippen molar-refractivity contribution in [2.75, 3.05) is 31.9 Å². The van der Waals surface area contributed by atoms with E-state index in [4.69, 9.17) is 6.42 Å². The summed E-state index contributed by atoms with van der Waals surface area (Å²) >= 11 is 0. The van der Waals surface area contributed by atoms with Crippen LogP contribution >= 0.6 is 0 Å². The highest BCUT2D eigenvalue weighted by molar-refractivity contribution is 7.89. The maximum Gasteiger partial charge on any atom is 0.253 e. The summed E-state index contributed by atoms with van der Waals surface area (Å²) in [6.07, 6.45) is 7.76. The van der Waals surface area contributed by atoms with Crippen LogP contribution in [-0.4, -0.2) is 84.4 Å². The van der Waals surface area contributed by atoms with E-state index in [1.165, 1.54) is 29.3 Å². The summed E-state index contributed by atoms with van der Waals surface area (Å²) in [5.74, 6) is 1.69. The van der Waals surface area contributed by atoms with E-state index >= 15 is 0 Å². The van der Waals surface area contributed by atoms with E-state index in [-0.39, 0.29) is 41.9 Å². The second-order valence-corrected chi connectivity index (χ2v) is 13.6. The molecule has 0 bridgehead atoms. The Hall–Kier alpha value is -3.43. The van der Waals surface area contributed by atoms with Gasteiger partial charge in [-0.25, -0.2) is 13.4 Å². The number of rotatable bonds is 19. The zero-order valence-corrected chi connectivity index (χ0v) is 28.1. The van der Waals surface area contributed by atoms with Gasteiger partial charge in [-0.1, -0.05) is 59.1 Å². The van der Waals surface area contributed by atoms with Crippen LogP contribution in [0, 0.1) is 18.3 Å². The molecule has 0 aliphatic heterocycles. The van der Waals surface area contributed by atoms with Crippen LogP contribution in [0.25, 0.3) is 0 Å². The molecule has 0 aliphatic carbocycles. The number of unbranched alkanes of at least 4 members (excludes halogenated alkanes) is 1. The van der Waals surface area contributed by atoms with Crippen molar-refractivity contribution in [1.82, 2.24) is 20.1 Å². The Morgan fingerprint density at radius 2 is 1.58 bits per heavy atom. The Kier molecular flexibility index (Phi) is 15.5. The Morgan fingerprint density at radius 1 is 0.956 bits per heavy atom. The number of nitrogens with one attached hydrogen (secondary N) is 2. The SMILES string of the molecule is C#Cc1cc(C(=O)NC(Cc2ccc(O)cc2)C(O)CN(CCCC)NS(=O)(=O)CC(C)C)cc(C(=O)N(CCC)CCC)c1. The van der Waals surface area contributed by atoms with Crippen molar-refractivity contribution in [3.63, 3.8) is 0 Å². The zero-order chi connectivity index (χ0) is 33.6. The average molecular weight is 643 g/mol. The van der Waals surface area contributed by atoms with Crippen molar-refractivity contribution in [2.45, 2.75) is 78.9 Å². The third-order valence-corrected chi connectivity index (χ3v) is 8.71. The molecule has 2 unspecified atom stereocenters. The van der Waals surface area contributed by atoms with Gasteiger partial charge in [0.2, 0.25) is 10.0 Å². The maximum atomic E-state index is 13.7. The Labute approximate surface area is 269 Å². The molecule has 0 aliphatic rings. The first-order valence-corrected chi connectivity index (χ1v) is 17.4. The summed E-state index contributed by atoms with van der Waals surface area (Å²) < 4.78 is 25.5. The number of amides is 2. The lowest BCUT2D eigenvalue weighted by atomic mass is 9.99. The van der Waals surface area contributed by atoms with Crippen LogP contribution in [-0.2, 0) is 16.4 Å². The van der Waals surface area contributed by atoms with Crippen molar-refractivity contribution in [1.29, 1.82) is 0 Å². The average Bonchev–Trinajstić information content (AvgIpc) is 2.98. The third-order valence-electron chi connectivity index (χ3n) is 7.07. The van der Waals surface area contributed by atoms with E-state index in [2.05, 4.69) is 16.1 Å². The number of hydrazine groups is 1. The minimum atomic E-state index is -3.65. The molecule has 0 heterocycles. The first-order chi connectivity index (χ1) is 21.3. The molecule has 2 aromatic rings. The van der Waals surface area contributed by atoms with Gasteiger partial charge in [0.25, 0.3) is 11.8 Å². The molecule has 0 aromatic heterocycles. The highest BCUT2D eigenvalue weighted by atomic mass is 32.2. The zero-order valence-electron chi connectivity index (χ0n) is 27.3. The van der Waals surface area contributed by atoms with Crippen LogP contribution < -0.4 is 10.1 Å². The molecule has 0 radical (unpaired) electrons. The van der Waals surface area contributed by atoms with Crippen molar-refractivity contribution >= 4 is 21.8 Å². The molecule has 2 aromatic carbocycles. The lowest BCUT2D eigenvalue weighted by Crippen LogP contribution is -2.53. The standard InChI is InChI=1S/C34H50N4O6S/c1-7-11-18-38(36-45(43,44)24-25(5)6)23-32(40)31(21-27-12-14-30(39)15-13-27)35-33(41)28-19-26(10-4)20-29(22-28)34(42)37(16-8-2)17-9-3/h4,12-15,19-20,22,25,31-32,36,39-40H,7-9,11,16-18,21,23-24H2,1-3,5-6H3,(H,35,41). The Morgan fingerprint density at radius 3 is 2.13 bits per heavy atom. The second kappa shape index (κ2) is 18.5. The summed E-state index contributed by atoms with van der Waals surface area (Å²) in [4.78, 5) is 31.4. The number of carbonyl (C=O) groups is 2. The summed E-state index contributed by atoms with van der Waals surface area (Å²) in [5.41, 5.74) is 1.59. The van der Waals surface area contributed by atoms with Gasteiger partial charge in [0, 0.05) is 42.9 Å². The van der Waals surface area contributed by atoms with E-state index in [1.54, 1.807) is 23.1 Å². The Bertz CT molecular complexity index is 1380. The number of carbonyl (C=O) groups excluding carboxylic acids is 2. The lowest BCUT2D eigenvalue weighted by Gasteiger charge is -2.30. The fourth-order valence-electron chi connectivity index (χ4n) is 4.97. The van der Waals surface area contributed by atoms with E-state index in [0.717, 1.165) is 24.8 Å². The minimum absolute atomic E-state index is 0.0695. The van der Waals surface area contributed by atoms with Gasteiger partial charge in [0.05, 0.1) is 17.9 Å². The normalized spacial score (nSPS) is 13.0. The number of aliphatic hydroxyl groups is 1.